The molecular formula is C58H30N2O5. The third-order valence-corrected chi connectivity index (χ3v) is 13.1. The highest BCUT2D eigenvalue weighted by Gasteiger charge is 2.24. The molecule has 0 aliphatic rings. The van der Waals surface area contributed by atoms with Crippen LogP contribution in [0.25, 0.3) is 155 Å². The standard InChI is InChI=1S/C58H30N2O5/c1-6-18-48-35(9-1)38-12-7-14-40(55(38)63-48)53-57-54(45-30-34(22-26-52(45)65-57)32-20-24-50-43(28-32)37-11-3-5-17-47(37)62-50)60-58(59-53)41-15-8-13-39-44-29-33(21-25-51(44)64-56(39)41)31-19-23-49-42(27-31)36-10-2-4-16-46(36)61-49/h1-30H. The molecule has 0 aliphatic heterocycles. The zero-order chi connectivity index (χ0) is 42.3. The Labute approximate surface area is 367 Å². The lowest BCUT2D eigenvalue weighted by molar-refractivity contribution is 0.662. The zero-order valence-corrected chi connectivity index (χ0v) is 34.3. The molecule has 0 unspecified atom stereocenters. The molecule has 0 aliphatic carbocycles. The van der Waals surface area contributed by atoms with E-state index in [2.05, 4.69) is 97.1 Å². The van der Waals surface area contributed by atoms with Crippen LogP contribution in [-0.2, 0) is 0 Å². The minimum atomic E-state index is 0.516. The predicted molar refractivity (Wildman–Crippen MR) is 260 cm³/mol. The molecule has 302 valence electrons. The Morgan fingerprint density at radius 2 is 0.646 bits per heavy atom. The van der Waals surface area contributed by atoms with E-state index in [9.17, 15) is 0 Å². The van der Waals surface area contributed by atoms with Crippen molar-refractivity contribution in [2.24, 2.45) is 0 Å². The van der Waals surface area contributed by atoms with E-state index in [4.69, 9.17) is 32.1 Å². The van der Waals surface area contributed by atoms with Crippen LogP contribution in [0.4, 0.5) is 0 Å². The summed E-state index contributed by atoms with van der Waals surface area (Å²) in [5.74, 6) is 0.516. The van der Waals surface area contributed by atoms with E-state index >= 15 is 0 Å². The second-order valence-electron chi connectivity index (χ2n) is 16.8. The number of nitrogens with zero attached hydrogens (tertiary/aromatic N) is 2. The van der Waals surface area contributed by atoms with Gasteiger partial charge in [0.1, 0.15) is 61.5 Å². The Balaban J connectivity index is 0.946. The van der Waals surface area contributed by atoms with Gasteiger partial charge in [-0.3, -0.25) is 0 Å². The van der Waals surface area contributed by atoms with E-state index in [1.165, 1.54) is 0 Å². The molecule has 9 aromatic carbocycles. The summed E-state index contributed by atoms with van der Waals surface area (Å²) in [5.41, 5.74) is 15.0. The predicted octanol–water partition coefficient (Wildman–Crippen LogP) is 16.6. The first-order valence-electron chi connectivity index (χ1n) is 21.6. The number of aromatic nitrogens is 2. The third-order valence-electron chi connectivity index (χ3n) is 13.1. The first-order valence-corrected chi connectivity index (χ1v) is 21.6. The molecule has 0 bridgehead atoms. The van der Waals surface area contributed by atoms with Crippen molar-refractivity contribution < 1.29 is 22.1 Å². The fraction of sp³-hybridized carbons (Fsp3) is 0. The summed E-state index contributed by atoms with van der Waals surface area (Å²) in [6, 6.07) is 62.2. The lowest BCUT2D eigenvalue weighted by Crippen LogP contribution is -1.94. The van der Waals surface area contributed by atoms with Gasteiger partial charge in [0.25, 0.3) is 0 Å². The van der Waals surface area contributed by atoms with E-state index in [1.54, 1.807) is 0 Å². The molecule has 7 heteroatoms. The number of benzene rings is 9. The van der Waals surface area contributed by atoms with Gasteiger partial charge < -0.3 is 22.1 Å². The van der Waals surface area contributed by atoms with E-state index in [1.807, 2.05) is 84.9 Å². The van der Waals surface area contributed by atoms with Crippen molar-refractivity contribution in [3.8, 4) is 44.9 Å². The largest absolute Gasteiger partial charge is 0.456 e. The number of hydrogen-bond acceptors (Lipinski definition) is 7. The molecule has 0 saturated heterocycles. The lowest BCUT2D eigenvalue weighted by atomic mass is 10.00. The van der Waals surface area contributed by atoms with Crippen LogP contribution in [0.1, 0.15) is 0 Å². The minimum absolute atomic E-state index is 0.516. The van der Waals surface area contributed by atoms with Gasteiger partial charge in [-0.25, -0.2) is 9.97 Å². The zero-order valence-electron chi connectivity index (χ0n) is 34.3. The molecule has 0 amide bonds. The highest BCUT2D eigenvalue weighted by molar-refractivity contribution is 6.16. The Morgan fingerprint density at radius 1 is 0.262 bits per heavy atom. The number of para-hydroxylation sites is 5. The molecule has 0 N–H and O–H groups in total. The van der Waals surface area contributed by atoms with E-state index < -0.39 is 0 Å². The second-order valence-corrected chi connectivity index (χ2v) is 16.8. The van der Waals surface area contributed by atoms with Gasteiger partial charge in [0.15, 0.2) is 11.4 Å². The summed E-state index contributed by atoms with van der Waals surface area (Å²) in [7, 11) is 0. The van der Waals surface area contributed by atoms with Crippen LogP contribution >= 0.6 is 0 Å². The van der Waals surface area contributed by atoms with Gasteiger partial charge >= 0.3 is 0 Å². The van der Waals surface area contributed by atoms with Gasteiger partial charge in [0.2, 0.25) is 0 Å². The van der Waals surface area contributed by atoms with Crippen molar-refractivity contribution in [3.63, 3.8) is 0 Å². The van der Waals surface area contributed by atoms with Gasteiger partial charge in [-0.2, -0.15) is 0 Å². The Bertz CT molecular complexity index is 4500. The monoisotopic (exact) mass is 834 g/mol. The van der Waals surface area contributed by atoms with E-state index in [-0.39, 0.29) is 0 Å². The van der Waals surface area contributed by atoms with Gasteiger partial charge in [0.05, 0.1) is 5.56 Å². The van der Waals surface area contributed by atoms with Crippen LogP contribution in [0, 0.1) is 0 Å². The van der Waals surface area contributed by atoms with E-state index in [0.717, 1.165) is 121 Å². The summed E-state index contributed by atoms with van der Waals surface area (Å²) in [6.07, 6.45) is 0. The summed E-state index contributed by atoms with van der Waals surface area (Å²) < 4.78 is 32.5. The van der Waals surface area contributed by atoms with E-state index in [0.29, 0.717) is 33.8 Å². The van der Waals surface area contributed by atoms with Crippen molar-refractivity contribution >= 4 is 110 Å². The number of hydrogen-bond donors (Lipinski definition) is 0. The molecule has 0 atom stereocenters. The normalized spacial score (nSPS) is 12.3. The van der Waals surface area contributed by atoms with Gasteiger partial charge in [-0.05, 0) is 101 Å². The average molecular weight is 835 g/mol. The first-order chi connectivity index (χ1) is 32.2. The lowest BCUT2D eigenvalue weighted by Gasteiger charge is -2.07. The average Bonchev–Trinajstić information content (AvgIpc) is 4.19. The van der Waals surface area contributed by atoms with Crippen LogP contribution in [-0.4, -0.2) is 9.97 Å². The quantitative estimate of drug-likeness (QED) is 0.174. The molecule has 15 rings (SSSR count). The molecule has 6 aromatic heterocycles. The van der Waals surface area contributed by atoms with Crippen LogP contribution in [0.3, 0.4) is 0 Å². The molecule has 0 radical (unpaired) electrons. The number of rotatable bonds is 4. The second kappa shape index (κ2) is 12.8. The van der Waals surface area contributed by atoms with Gasteiger partial charge in [-0.1, -0.05) is 103 Å². The smallest absolute Gasteiger partial charge is 0.180 e. The van der Waals surface area contributed by atoms with Crippen molar-refractivity contribution in [2.75, 3.05) is 0 Å². The van der Waals surface area contributed by atoms with Crippen LogP contribution in [0.5, 0.6) is 0 Å². The number of fused-ring (bicyclic) bond motifs is 15. The van der Waals surface area contributed by atoms with Crippen molar-refractivity contribution in [2.45, 2.75) is 0 Å². The summed E-state index contributed by atoms with van der Waals surface area (Å²) in [6.45, 7) is 0. The highest BCUT2D eigenvalue weighted by atomic mass is 16.3. The minimum Gasteiger partial charge on any atom is -0.456 e. The highest BCUT2D eigenvalue weighted by Crippen LogP contribution is 2.44. The first kappa shape index (κ1) is 34.6. The van der Waals surface area contributed by atoms with Gasteiger partial charge in [0, 0.05) is 54.0 Å². The molecular weight excluding hydrogens is 805 g/mol. The molecule has 65 heavy (non-hydrogen) atoms. The van der Waals surface area contributed by atoms with Crippen LogP contribution < -0.4 is 0 Å². The summed E-state index contributed by atoms with van der Waals surface area (Å²) in [4.78, 5) is 10.8. The Kier molecular flexibility index (Phi) is 6.83. The molecule has 15 aromatic rings. The van der Waals surface area contributed by atoms with Crippen LogP contribution in [0.2, 0.25) is 0 Å². The maximum Gasteiger partial charge on any atom is 0.180 e. The molecule has 0 saturated carbocycles. The summed E-state index contributed by atoms with van der Waals surface area (Å²) in [5, 5.41) is 9.24. The topological polar surface area (TPSA) is 91.5 Å². The fourth-order valence-corrected chi connectivity index (χ4v) is 10.0. The van der Waals surface area contributed by atoms with Gasteiger partial charge in [-0.15, -0.1) is 0 Å². The molecule has 6 heterocycles. The van der Waals surface area contributed by atoms with Crippen molar-refractivity contribution in [1.29, 1.82) is 0 Å². The maximum atomic E-state index is 6.78. The molecule has 7 nitrogen and oxygen atoms in total. The Hall–Kier alpha value is -8.94. The third kappa shape index (κ3) is 5.00. The maximum absolute atomic E-state index is 6.78. The van der Waals surface area contributed by atoms with Crippen molar-refractivity contribution in [3.05, 3.63) is 182 Å². The summed E-state index contributed by atoms with van der Waals surface area (Å²) >= 11 is 0. The van der Waals surface area contributed by atoms with Crippen LogP contribution in [0.15, 0.2) is 204 Å². The van der Waals surface area contributed by atoms with Crippen molar-refractivity contribution in [1.82, 2.24) is 9.97 Å². The SMILES string of the molecule is c1ccc2c(c1)oc1ccc(-c3ccc4oc5c(-c6nc(-c7cccc8c7oc7ccccc78)c7oc8ccc(-c9ccc%10oc%11ccccc%11c%10c9)cc8c7n6)cccc5c4c3)cc12. The molecule has 0 spiro atoms. The fourth-order valence-electron chi connectivity index (χ4n) is 10.0. The number of furan rings is 5. The molecule has 0 fully saturated rings. The Morgan fingerprint density at radius 3 is 1.23 bits per heavy atom.